The third-order valence-electron chi connectivity index (χ3n) is 5.04. The molecule has 31 heavy (non-hydrogen) atoms. The van der Waals surface area contributed by atoms with Gasteiger partial charge in [-0.25, -0.2) is 9.80 Å². The maximum absolute atomic E-state index is 13.0. The van der Waals surface area contributed by atoms with E-state index in [1.165, 1.54) is 5.01 Å². The average Bonchev–Trinajstić information content (AvgIpc) is 2.79. The molecule has 0 saturated heterocycles. The fourth-order valence-electron chi connectivity index (χ4n) is 3.35. The molecule has 1 aliphatic rings. The molecule has 164 valence electrons. The van der Waals surface area contributed by atoms with E-state index in [1.807, 2.05) is 18.2 Å². The monoisotopic (exact) mass is 425 g/mol. The number of nitrogens with zero attached hydrogens (tertiary/aromatic N) is 2. The van der Waals surface area contributed by atoms with Gasteiger partial charge in [-0.05, 0) is 55.8 Å². The van der Waals surface area contributed by atoms with E-state index >= 15 is 0 Å². The summed E-state index contributed by atoms with van der Waals surface area (Å²) in [6.45, 7) is 4.64. The summed E-state index contributed by atoms with van der Waals surface area (Å²) in [7, 11) is 3.18. The maximum atomic E-state index is 13.0. The van der Waals surface area contributed by atoms with Gasteiger partial charge in [0, 0.05) is 29.3 Å². The van der Waals surface area contributed by atoms with Gasteiger partial charge in [-0.1, -0.05) is 6.92 Å². The number of carbonyl (C=O) groups is 2. The second-order valence-electron chi connectivity index (χ2n) is 7.10. The molecular formula is C23H27N3O5. The number of hydrogen-bond donors (Lipinski definition) is 1. The van der Waals surface area contributed by atoms with E-state index in [1.54, 1.807) is 45.4 Å². The van der Waals surface area contributed by atoms with Crippen LogP contribution < -0.4 is 14.8 Å². The number of anilines is 1. The van der Waals surface area contributed by atoms with Gasteiger partial charge < -0.3 is 14.2 Å². The average molecular weight is 425 g/mol. The molecule has 2 aromatic rings. The molecule has 0 bridgehead atoms. The number of benzene rings is 2. The zero-order chi connectivity index (χ0) is 22.4. The van der Waals surface area contributed by atoms with E-state index in [2.05, 4.69) is 17.3 Å². The first kappa shape index (κ1) is 22.1. The zero-order valence-electron chi connectivity index (χ0n) is 18.2. The SMILES string of the molecule is CCOC(=O)Nc1ccc(C(=O)N2CCC(C)C(c3ccc(OC)c(OC)c3)=N2)cc1. The Hall–Kier alpha value is -3.55. The molecule has 0 radical (unpaired) electrons. The van der Waals surface area contributed by atoms with Crippen molar-refractivity contribution >= 4 is 23.4 Å². The summed E-state index contributed by atoms with van der Waals surface area (Å²) in [6.07, 6.45) is 0.261. The molecule has 2 amide bonds. The van der Waals surface area contributed by atoms with Crippen LogP contribution in [0.2, 0.25) is 0 Å². The molecule has 1 N–H and O–H groups in total. The first-order chi connectivity index (χ1) is 15.0. The highest BCUT2D eigenvalue weighted by molar-refractivity contribution is 6.04. The fourth-order valence-corrected chi connectivity index (χ4v) is 3.35. The highest BCUT2D eigenvalue weighted by Crippen LogP contribution is 2.30. The smallest absolute Gasteiger partial charge is 0.411 e. The Morgan fingerprint density at radius 3 is 2.45 bits per heavy atom. The summed E-state index contributed by atoms with van der Waals surface area (Å²) in [5, 5.41) is 8.74. The van der Waals surface area contributed by atoms with Crippen molar-refractivity contribution in [3.8, 4) is 11.5 Å². The summed E-state index contributed by atoms with van der Waals surface area (Å²) in [5.74, 6) is 1.24. The Morgan fingerprint density at radius 2 is 1.81 bits per heavy atom. The van der Waals surface area contributed by atoms with Crippen LogP contribution in [0, 0.1) is 5.92 Å². The minimum atomic E-state index is -0.532. The van der Waals surface area contributed by atoms with Gasteiger partial charge in [0.05, 0.1) is 26.5 Å². The van der Waals surface area contributed by atoms with Gasteiger partial charge in [0.15, 0.2) is 11.5 Å². The van der Waals surface area contributed by atoms with Gasteiger partial charge in [0.1, 0.15) is 0 Å². The quantitative estimate of drug-likeness (QED) is 0.751. The van der Waals surface area contributed by atoms with Crippen molar-refractivity contribution in [1.82, 2.24) is 5.01 Å². The first-order valence-corrected chi connectivity index (χ1v) is 10.1. The Balaban J connectivity index is 1.80. The third-order valence-corrected chi connectivity index (χ3v) is 5.04. The molecule has 8 heteroatoms. The summed E-state index contributed by atoms with van der Waals surface area (Å²) in [5.41, 5.74) is 2.74. The second kappa shape index (κ2) is 9.97. The molecule has 0 aromatic heterocycles. The zero-order valence-corrected chi connectivity index (χ0v) is 18.2. The fraction of sp³-hybridized carbons (Fsp3) is 0.348. The largest absolute Gasteiger partial charge is 0.493 e. The van der Waals surface area contributed by atoms with Crippen LogP contribution in [0.25, 0.3) is 0 Å². The number of rotatable bonds is 6. The lowest BCUT2D eigenvalue weighted by Gasteiger charge is -2.28. The van der Waals surface area contributed by atoms with Crippen LogP contribution in [-0.2, 0) is 4.74 Å². The molecule has 1 aliphatic heterocycles. The number of methoxy groups -OCH3 is 2. The van der Waals surface area contributed by atoms with E-state index in [0.717, 1.165) is 17.7 Å². The second-order valence-corrected chi connectivity index (χ2v) is 7.10. The van der Waals surface area contributed by atoms with Crippen molar-refractivity contribution in [3.63, 3.8) is 0 Å². The van der Waals surface area contributed by atoms with Gasteiger partial charge >= 0.3 is 6.09 Å². The van der Waals surface area contributed by atoms with Crippen LogP contribution in [0.15, 0.2) is 47.6 Å². The van der Waals surface area contributed by atoms with Crippen molar-refractivity contribution in [2.45, 2.75) is 20.3 Å². The topological polar surface area (TPSA) is 89.5 Å². The molecule has 8 nitrogen and oxygen atoms in total. The summed E-state index contributed by atoms with van der Waals surface area (Å²) in [4.78, 5) is 24.5. The molecule has 0 aliphatic carbocycles. The molecule has 1 heterocycles. The number of carbonyl (C=O) groups excluding carboxylic acids is 2. The highest BCUT2D eigenvalue weighted by atomic mass is 16.5. The number of hydrazone groups is 1. The van der Waals surface area contributed by atoms with E-state index in [4.69, 9.17) is 14.2 Å². The van der Waals surface area contributed by atoms with Gasteiger partial charge in [0.25, 0.3) is 5.91 Å². The minimum Gasteiger partial charge on any atom is -0.493 e. The summed E-state index contributed by atoms with van der Waals surface area (Å²) in [6, 6.07) is 12.3. The molecule has 2 aromatic carbocycles. The molecule has 3 rings (SSSR count). The van der Waals surface area contributed by atoms with E-state index in [0.29, 0.717) is 29.3 Å². The van der Waals surface area contributed by atoms with Crippen LogP contribution in [0.4, 0.5) is 10.5 Å². The predicted octanol–water partition coefficient (Wildman–Crippen LogP) is 4.16. The lowest BCUT2D eigenvalue weighted by atomic mass is 9.93. The normalized spacial score (nSPS) is 15.7. The van der Waals surface area contributed by atoms with E-state index in [9.17, 15) is 9.59 Å². The number of amides is 2. The standard InChI is InChI=1S/C23H27N3O5/c1-5-31-23(28)24-18-9-6-16(7-10-18)22(27)26-13-12-15(2)21(25-26)17-8-11-19(29-3)20(14-17)30-4/h6-11,14-15H,5,12-13H2,1-4H3,(H,24,28). The first-order valence-electron chi connectivity index (χ1n) is 10.1. The van der Waals surface area contributed by atoms with Gasteiger partial charge in [-0.2, -0.15) is 5.10 Å². The van der Waals surface area contributed by atoms with Gasteiger partial charge in [-0.3, -0.25) is 10.1 Å². The van der Waals surface area contributed by atoms with Crippen LogP contribution in [0.1, 0.15) is 36.2 Å². The minimum absolute atomic E-state index is 0.193. The number of nitrogens with one attached hydrogen (secondary N) is 1. The molecule has 0 saturated carbocycles. The van der Waals surface area contributed by atoms with Crippen molar-refractivity contribution in [3.05, 3.63) is 53.6 Å². The Kier molecular flexibility index (Phi) is 7.12. The van der Waals surface area contributed by atoms with Crippen LogP contribution >= 0.6 is 0 Å². The van der Waals surface area contributed by atoms with Crippen LogP contribution in [0.5, 0.6) is 11.5 Å². The van der Waals surface area contributed by atoms with Crippen molar-refractivity contribution < 1.29 is 23.8 Å². The number of ether oxygens (including phenoxy) is 3. The Morgan fingerprint density at radius 1 is 1.10 bits per heavy atom. The third kappa shape index (κ3) is 5.14. The number of hydrogen-bond acceptors (Lipinski definition) is 6. The maximum Gasteiger partial charge on any atom is 0.411 e. The molecule has 1 unspecified atom stereocenters. The van der Waals surface area contributed by atoms with Crippen LogP contribution in [0.3, 0.4) is 0 Å². The van der Waals surface area contributed by atoms with Crippen molar-refractivity contribution in [2.24, 2.45) is 11.0 Å². The van der Waals surface area contributed by atoms with Crippen molar-refractivity contribution in [1.29, 1.82) is 0 Å². The van der Waals surface area contributed by atoms with Gasteiger partial charge in [0.2, 0.25) is 0 Å². The Bertz CT molecular complexity index is 972. The Labute approximate surface area is 181 Å². The van der Waals surface area contributed by atoms with E-state index < -0.39 is 6.09 Å². The lowest BCUT2D eigenvalue weighted by Crippen LogP contribution is -2.35. The van der Waals surface area contributed by atoms with Gasteiger partial charge in [-0.15, -0.1) is 0 Å². The molecular weight excluding hydrogens is 398 g/mol. The molecule has 0 spiro atoms. The predicted molar refractivity (Wildman–Crippen MR) is 118 cm³/mol. The lowest BCUT2D eigenvalue weighted by molar-refractivity contribution is 0.0744. The summed E-state index contributed by atoms with van der Waals surface area (Å²) < 4.78 is 15.6. The van der Waals surface area contributed by atoms with E-state index in [-0.39, 0.29) is 18.4 Å². The summed E-state index contributed by atoms with van der Waals surface area (Å²) >= 11 is 0. The molecule has 0 fully saturated rings. The van der Waals surface area contributed by atoms with Crippen molar-refractivity contribution in [2.75, 3.05) is 32.7 Å². The van der Waals surface area contributed by atoms with Crippen LogP contribution in [-0.4, -0.2) is 50.1 Å². The highest BCUT2D eigenvalue weighted by Gasteiger charge is 2.26. The molecule has 1 atom stereocenters.